The molecule has 3 aromatic rings. The Bertz CT molecular complexity index is 947. The van der Waals surface area contributed by atoms with E-state index < -0.39 is 11.7 Å². The molecule has 2 atom stereocenters. The van der Waals surface area contributed by atoms with Gasteiger partial charge in [0.05, 0.1) is 14.2 Å². The van der Waals surface area contributed by atoms with Crippen molar-refractivity contribution in [3.05, 3.63) is 90.0 Å². The van der Waals surface area contributed by atoms with Crippen LogP contribution in [0.1, 0.15) is 24.5 Å². The Balaban J connectivity index is 1.71. The van der Waals surface area contributed by atoms with Gasteiger partial charge in [-0.1, -0.05) is 42.5 Å². The monoisotopic (exact) mass is 451 g/mol. The van der Waals surface area contributed by atoms with Gasteiger partial charge in [0, 0.05) is 12.6 Å². The van der Waals surface area contributed by atoms with E-state index in [9.17, 15) is 10.2 Å². The third-order valence-corrected chi connectivity index (χ3v) is 5.58. The molecule has 3 rings (SSSR count). The molecule has 0 aliphatic heterocycles. The first-order chi connectivity index (χ1) is 15.9. The quantitative estimate of drug-likeness (QED) is 0.389. The van der Waals surface area contributed by atoms with Crippen molar-refractivity contribution in [2.24, 2.45) is 0 Å². The second-order valence-electron chi connectivity index (χ2n) is 8.12. The van der Waals surface area contributed by atoms with E-state index in [1.54, 1.807) is 14.2 Å². The minimum atomic E-state index is -1.29. The van der Waals surface area contributed by atoms with E-state index in [0.29, 0.717) is 24.5 Å². The number of hydrogen-bond acceptors (Lipinski definition) is 6. The fourth-order valence-electron chi connectivity index (χ4n) is 3.78. The molecular formula is C27H33NO5. The summed E-state index contributed by atoms with van der Waals surface area (Å²) in [5.74, 6) is 2.06. The standard InChI is InChI=1S/C27H33NO5/c1-20(28-18-23(29)19-33-24-11-5-4-6-12-24)17-27(30,21-9-7-13-25(15-21)31-2)22-10-8-14-26(16-22)32-3/h4-16,20,23,28-30H,17-19H2,1-3H3/t20-,23-/m0/s1. The summed E-state index contributed by atoms with van der Waals surface area (Å²) in [4.78, 5) is 0. The van der Waals surface area contributed by atoms with Crippen molar-refractivity contribution in [2.75, 3.05) is 27.4 Å². The van der Waals surface area contributed by atoms with Crippen molar-refractivity contribution in [3.63, 3.8) is 0 Å². The maximum atomic E-state index is 11.9. The summed E-state index contributed by atoms with van der Waals surface area (Å²) in [6.45, 7) is 2.50. The number of aliphatic hydroxyl groups is 2. The minimum absolute atomic E-state index is 0.112. The Hall–Kier alpha value is -3.06. The molecule has 0 aliphatic carbocycles. The molecule has 176 valence electrons. The van der Waals surface area contributed by atoms with E-state index in [-0.39, 0.29) is 12.6 Å². The molecule has 3 N–H and O–H groups in total. The smallest absolute Gasteiger partial charge is 0.119 e. The number of hydrogen-bond donors (Lipinski definition) is 3. The lowest BCUT2D eigenvalue weighted by atomic mass is 9.81. The first kappa shape index (κ1) is 24.6. The van der Waals surface area contributed by atoms with Crippen molar-refractivity contribution >= 4 is 0 Å². The van der Waals surface area contributed by atoms with Crippen molar-refractivity contribution in [1.82, 2.24) is 5.32 Å². The zero-order valence-electron chi connectivity index (χ0n) is 19.4. The maximum Gasteiger partial charge on any atom is 0.119 e. The van der Waals surface area contributed by atoms with Gasteiger partial charge in [-0.2, -0.15) is 0 Å². The number of nitrogens with one attached hydrogen (secondary N) is 1. The zero-order chi connectivity index (χ0) is 23.7. The molecule has 0 spiro atoms. The predicted molar refractivity (Wildman–Crippen MR) is 129 cm³/mol. The summed E-state index contributed by atoms with van der Waals surface area (Å²) in [6, 6.07) is 24.2. The van der Waals surface area contributed by atoms with Crippen molar-refractivity contribution in [2.45, 2.75) is 31.1 Å². The van der Waals surface area contributed by atoms with Crippen LogP contribution in [0.15, 0.2) is 78.9 Å². The summed E-state index contributed by atoms with van der Waals surface area (Å²) < 4.78 is 16.4. The average molecular weight is 452 g/mol. The lowest BCUT2D eigenvalue weighted by molar-refractivity contribution is 0.0554. The zero-order valence-corrected chi connectivity index (χ0v) is 19.4. The minimum Gasteiger partial charge on any atom is -0.497 e. The molecule has 6 nitrogen and oxygen atoms in total. The van der Waals surface area contributed by atoms with E-state index in [1.165, 1.54) is 0 Å². The summed E-state index contributed by atoms with van der Waals surface area (Å²) in [6.07, 6.45) is -0.311. The fraction of sp³-hybridized carbons (Fsp3) is 0.333. The number of rotatable bonds is 12. The molecule has 0 heterocycles. The van der Waals surface area contributed by atoms with Crippen LogP contribution >= 0.6 is 0 Å². The highest BCUT2D eigenvalue weighted by Gasteiger charge is 2.34. The molecule has 33 heavy (non-hydrogen) atoms. The van der Waals surface area contributed by atoms with Crippen molar-refractivity contribution < 1.29 is 24.4 Å². The first-order valence-corrected chi connectivity index (χ1v) is 11.1. The van der Waals surface area contributed by atoms with Crippen LogP contribution in [0.4, 0.5) is 0 Å². The molecule has 0 unspecified atom stereocenters. The van der Waals surface area contributed by atoms with Crippen LogP contribution < -0.4 is 19.5 Å². The molecule has 0 amide bonds. The van der Waals surface area contributed by atoms with Crippen LogP contribution in [0.2, 0.25) is 0 Å². The van der Waals surface area contributed by atoms with E-state index in [1.807, 2.05) is 85.8 Å². The number of aliphatic hydroxyl groups excluding tert-OH is 1. The third kappa shape index (κ3) is 6.71. The number of para-hydroxylation sites is 1. The van der Waals surface area contributed by atoms with Gasteiger partial charge in [0.2, 0.25) is 0 Å². The molecule has 0 fully saturated rings. The summed E-state index contributed by atoms with van der Waals surface area (Å²) in [5, 5.41) is 25.6. The fourth-order valence-corrected chi connectivity index (χ4v) is 3.78. The molecule has 0 radical (unpaired) electrons. The first-order valence-electron chi connectivity index (χ1n) is 11.1. The van der Waals surface area contributed by atoms with E-state index in [4.69, 9.17) is 14.2 Å². The van der Waals surface area contributed by atoms with E-state index in [2.05, 4.69) is 5.32 Å². The van der Waals surface area contributed by atoms with Crippen molar-refractivity contribution in [3.8, 4) is 17.2 Å². The van der Waals surface area contributed by atoms with Gasteiger partial charge in [0.15, 0.2) is 0 Å². The van der Waals surface area contributed by atoms with Gasteiger partial charge in [0.25, 0.3) is 0 Å². The van der Waals surface area contributed by atoms with Gasteiger partial charge in [-0.3, -0.25) is 0 Å². The largest absolute Gasteiger partial charge is 0.497 e. The molecule has 0 aliphatic rings. The summed E-state index contributed by atoms with van der Waals surface area (Å²) >= 11 is 0. The van der Waals surface area contributed by atoms with Crippen LogP contribution in [0.3, 0.4) is 0 Å². The predicted octanol–water partition coefficient (Wildman–Crippen LogP) is 3.75. The van der Waals surface area contributed by atoms with Gasteiger partial charge < -0.3 is 29.7 Å². The Labute approximate surface area is 195 Å². The van der Waals surface area contributed by atoms with Gasteiger partial charge >= 0.3 is 0 Å². The maximum absolute atomic E-state index is 11.9. The van der Waals surface area contributed by atoms with Crippen LogP contribution in [0, 0.1) is 0 Å². The third-order valence-electron chi connectivity index (χ3n) is 5.58. The summed E-state index contributed by atoms with van der Waals surface area (Å²) in [7, 11) is 3.21. The highest BCUT2D eigenvalue weighted by Crippen LogP contribution is 2.37. The number of ether oxygens (including phenoxy) is 3. The summed E-state index contributed by atoms with van der Waals surface area (Å²) in [5.41, 5.74) is 0.148. The molecular weight excluding hydrogens is 418 g/mol. The van der Waals surface area contributed by atoms with Crippen LogP contribution in [0.5, 0.6) is 17.2 Å². The molecule has 0 saturated heterocycles. The lowest BCUT2D eigenvalue weighted by Gasteiger charge is -2.33. The molecule has 3 aromatic carbocycles. The normalized spacial score (nSPS) is 13.2. The van der Waals surface area contributed by atoms with E-state index in [0.717, 1.165) is 16.9 Å². The van der Waals surface area contributed by atoms with Gasteiger partial charge in [0.1, 0.15) is 35.6 Å². The highest BCUT2D eigenvalue weighted by atomic mass is 16.5. The number of methoxy groups -OCH3 is 2. The molecule has 0 aromatic heterocycles. The number of benzene rings is 3. The van der Waals surface area contributed by atoms with Gasteiger partial charge in [-0.15, -0.1) is 0 Å². The topological polar surface area (TPSA) is 80.2 Å². The second kappa shape index (κ2) is 11.7. The van der Waals surface area contributed by atoms with Gasteiger partial charge in [-0.05, 0) is 60.9 Å². The Morgan fingerprint density at radius 2 is 1.36 bits per heavy atom. The second-order valence-corrected chi connectivity index (χ2v) is 8.12. The Morgan fingerprint density at radius 1 is 0.818 bits per heavy atom. The highest BCUT2D eigenvalue weighted by molar-refractivity contribution is 5.42. The van der Waals surface area contributed by atoms with Crippen LogP contribution in [-0.2, 0) is 5.60 Å². The van der Waals surface area contributed by atoms with E-state index >= 15 is 0 Å². The SMILES string of the molecule is COc1cccc(C(O)(C[C@H](C)NC[C@H](O)COc2ccccc2)c2cccc(OC)c2)c1. The molecule has 0 saturated carbocycles. The van der Waals surface area contributed by atoms with Crippen molar-refractivity contribution in [1.29, 1.82) is 0 Å². The Kier molecular flexibility index (Phi) is 8.72. The average Bonchev–Trinajstić information content (AvgIpc) is 2.86. The van der Waals surface area contributed by atoms with Crippen LogP contribution in [-0.4, -0.2) is 49.7 Å². The lowest BCUT2D eigenvalue weighted by Crippen LogP contribution is -2.41. The molecule has 0 bridgehead atoms. The Morgan fingerprint density at radius 3 is 1.91 bits per heavy atom. The van der Waals surface area contributed by atoms with Gasteiger partial charge in [-0.25, -0.2) is 0 Å². The van der Waals surface area contributed by atoms with Crippen LogP contribution in [0.25, 0.3) is 0 Å². The molecule has 6 heteroatoms.